The van der Waals surface area contributed by atoms with Gasteiger partial charge in [0.25, 0.3) is 0 Å². The van der Waals surface area contributed by atoms with E-state index >= 15 is 0 Å². The molecule has 0 aliphatic carbocycles. The van der Waals surface area contributed by atoms with Gasteiger partial charge in [0.1, 0.15) is 5.82 Å². The Labute approximate surface area is 165 Å². The Bertz CT molecular complexity index is 819. The van der Waals surface area contributed by atoms with Gasteiger partial charge in [0.15, 0.2) is 0 Å². The molecule has 2 fully saturated rings. The Morgan fingerprint density at radius 1 is 1.07 bits per heavy atom. The number of carbonyl (C=O) groups excluding carboxylic acids is 2. The van der Waals surface area contributed by atoms with Gasteiger partial charge in [-0.25, -0.2) is 4.98 Å². The van der Waals surface area contributed by atoms with Crippen LogP contribution in [0, 0.1) is 5.92 Å². The molecule has 0 saturated carbocycles. The minimum Gasteiger partial charge on any atom is -0.357 e. The van der Waals surface area contributed by atoms with E-state index in [1.54, 1.807) is 11.1 Å². The zero-order valence-electron chi connectivity index (χ0n) is 16.2. The average Bonchev–Trinajstić information content (AvgIpc) is 3.15. The van der Waals surface area contributed by atoms with Crippen molar-refractivity contribution in [3.05, 3.63) is 54.7 Å². The van der Waals surface area contributed by atoms with Crippen LogP contribution in [0.25, 0.3) is 0 Å². The van der Waals surface area contributed by atoms with Crippen LogP contribution in [0.4, 0.5) is 11.5 Å². The number of nitrogens with zero attached hydrogens (tertiary/aromatic N) is 4. The van der Waals surface area contributed by atoms with Gasteiger partial charge in [-0.05, 0) is 37.1 Å². The quantitative estimate of drug-likeness (QED) is 0.821. The first-order chi connectivity index (χ1) is 13.6. The van der Waals surface area contributed by atoms with Crippen molar-refractivity contribution in [2.75, 3.05) is 36.5 Å². The molecule has 4 rings (SSSR count). The van der Waals surface area contributed by atoms with Gasteiger partial charge < -0.3 is 14.7 Å². The van der Waals surface area contributed by atoms with Gasteiger partial charge in [0.2, 0.25) is 11.8 Å². The number of piperidine rings is 1. The molecule has 6 nitrogen and oxygen atoms in total. The van der Waals surface area contributed by atoms with Gasteiger partial charge in [-0.1, -0.05) is 24.3 Å². The molecule has 2 saturated heterocycles. The topological polar surface area (TPSA) is 56.8 Å². The van der Waals surface area contributed by atoms with Gasteiger partial charge in [-0.15, -0.1) is 0 Å². The molecule has 2 aromatic rings. The summed E-state index contributed by atoms with van der Waals surface area (Å²) in [7, 11) is 2.07. The van der Waals surface area contributed by atoms with Crippen LogP contribution in [-0.4, -0.2) is 54.4 Å². The van der Waals surface area contributed by atoms with E-state index in [0.717, 1.165) is 37.4 Å². The third kappa shape index (κ3) is 3.72. The number of hydrogen-bond donors (Lipinski definition) is 0. The molecular weight excluding hydrogens is 352 g/mol. The van der Waals surface area contributed by atoms with E-state index in [1.807, 2.05) is 53.4 Å². The largest absolute Gasteiger partial charge is 0.357 e. The SMILES string of the molecule is CN(c1ccccn1)C1CCN(C(=O)C2CC(=O)N(c3ccccc3)C2)CC1. The highest BCUT2D eigenvalue weighted by molar-refractivity contribution is 6.00. The molecule has 1 unspecified atom stereocenters. The molecule has 0 radical (unpaired) electrons. The van der Waals surface area contributed by atoms with E-state index in [-0.39, 0.29) is 17.7 Å². The molecule has 2 amide bonds. The van der Waals surface area contributed by atoms with Gasteiger partial charge in [0, 0.05) is 51.0 Å². The van der Waals surface area contributed by atoms with Gasteiger partial charge in [0.05, 0.1) is 5.92 Å². The lowest BCUT2D eigenvalue weighted by atomic mass is 10.0. The third-order valence-corrected chi connectivity index (χ3v) is 5.88. The average molecular weight is 378 g/mol. The highest BCUT2D eigenvalue weighted by Gasteiger charge is 2.38. The van der Waals surface area contributed by atoms with Crippen molar-refractivity contribution >= 4 is 23.3 Å². The van der Waals surface area contributed by atoms with Crippen molar-refractivity contribution in [3.63, 3.8) is 0 Å². The number of likely N-dealkylation sites (tertiary alicyclic amines) is 1. The number of carbonyl (C=O) groups is 2. The Kier molecular flexibility index (Phi) is 5.28. The second kappa shape index (κ2) is 8.00. The first kappa shape index (κ1) is 18.5. The summed E-state index contributed by atoms with van der Waals surface area (Å²) < 4.78 is 0. The second-order valence-electron chi connectivity index (χ2n) is 7.60. The van der Waals surface area contributed by atoms with Crippen LogP contribution in [0.3, 0.4) is 0 Å². The van der Waals surface area contributed by atoms with Crippen LogP contribution in [0.5, 0.6) is 0 Å². The summed E-state index contributed by atoms with van der Waals surface area (Å²) in [5.41, 5.74) is 0.874. The molecule has 1 aromatic carbocycles. The molecule has 3 heterocycles. The lowest BCUT2D eigenvalue weighted by molar-refractivity contribution is -0.136. The number of pyridine rings is 1. The van der Waals surface area contributed by atoms with E-state index in [1.165, 1.54) is 0 Å². The fourth-order valence-electron chi connectivity index (χ4n) is 4.21. The summed E-state index contributed by atoms with van der Waals surface area (Å²) in [4.78, 5) is 35.7. The Morgan fingerprint density at radius 3 is 2.46 bits per heavy atom. The van der Waals surface area contributed by atoms with E-state index in [2.05, 4.69) is 16.9 Å². The summed E-state index contributed by atoms with van der Waals surface area (Å²) in [6, 6.07) is 15.9. The summed E-state index contributed by atoms with van der Waals surface area (Å²) in [5, 5.41) is 0. The molecule has 0 spiro atoms. The van der Waals surface area contributed by atoms with Crippen molar-refractivity contribution in [3.8, 4) is 0 Å². The summed E-state index contributed by atoms with van der Waals surface area (Å²) in [6.45, 7) is 1.95. The van der Waals surface area contributed by atoms with Crippen LogP contribution in [0.15, 0.2) is 54.7 Å². The van der Waals surface area contributed by atoms with Crippen molar-refractivity contribution in [1.82, 2.24) is 9.88 Å². The highest BCUT2D eigenvalue weighted by atomic mass is 16.2. The van der Waals surface area contributed by atoms with Gasteiger partial charge in [-0.3, -0.25) is 9.59 Å². The van der Waals surface area contributed by atoms with Crippen molar-refractivity contribution in [2.45, 2.75) is 25.3 Å². The Hall–Kier alpha value is -2.89. The molecule has 146 valence electrons. The smallest absolute Gasteiger partial charge is 0.228 e. The molecule has 6 heteroatoms. The predicted octanol–water partition coefficient (Wildman–Crippen LogP) is 2.56. The number of rotatable bonds is 4. The number of hydrogen-bond acceptors (Lipinski definition) is 4. The molecule has 1 atom stereocenters. The highest BCUT2D eigenvalue weighted by Crippen LogP contribution is 2.28. The number of benzene rings is 1. The minimum atomic E-state index is -0.238. The number of amides is 2. The predicted molar refractivity (Wildman–Crippen MR) is 109 cm³/mol. The van der Waals surface area contributed by atoms with Crippen molar-refractivity contribution in [2.24, 2.45) is 5.92 Å². The lowest BCUT2D eigenvalue weighted by Crippen LogP contribution is -2.47. The minimum absolute atomic E-state index is 0.0364. The first-order valence-electron chi connectivity index (χ1n) is 9.91. The first-order valence-corrected chi connectivity index (χ1v) is 9.91. The van der Waals surface area contributed by atoms with Crippen LogP contribution < -0.4 is 9.80 Å². The maximum Gasteiger partial charge on any atom is 0.228 e. The fraction of sp³-hybridized carbons (Fsp3) is 0.409. The number of anilines is 2. The monoisotopic (exact) mass is 378 g/mol. The molecule has 0 N–H and O–H groups in total. The second-order valence-corrected chi connectivity index (χ2v) is 7.60. The molecule has 0 bridgehead atoms. The van der Waals surface area contributed by atoms with E-state index in [0.29, 0.717) is 19.0 Å². The molecule has 1 aromatic heterocycles. The van der Waals surface area contributed by atoms with Crippen molar-refractivity contribution < 1.29 is 9.59 Å². The molecule has 2 aliphatic heterocycles. The van der Waals surface area contributed by atoms with Crippen LogP contribution >= 0.6 is 0 Å². The van der Waals surface area contributed by atoms with Gasteiger partial charge in [-0.2, -0.15) is 0 Å². The van der Waals surface area contributed by atoms with Crippen LogP contribution in [-0.2, 0) is 9.59 Å². The standard InChI is InChI=1S/C22H26N4O2/c1-24(20-9-5-6-12-23-20)18-10-13-25(14-11-18)22(28)17-15-21(27)26(16-17)19-7-3-2-4-8-19/h2-9,12,17-18H,10-11,13-16H2,1H3. The van der Waals surface area contributed by atoms with E-state index < -0.39 is 0 Å². The van der Waals surface area contributed by atoms with E-state index in [9.17, 15) is 9.59 Å². The number of para-hydroxylation sites is 1. The summed E-state index contributed by atoms with van der Waals surface area (Å²) in [5.74, 6) is 0.880. The third-order valence-electron chi connectivity index (χ3n) is 5.88. The lowest BCUT2D eigenvalue weighted by Gasteiger charge is -2.38. The molecule has 28 heavy (non-hydrogen) atoms. The maximum atomic E-state index is 13.0. The Balaban J connectivity index is 1.34. The Morgan fingerprint density at radius 2 is 1.79 bits per heavy atom. The van der Waals surface area contributed by atoms with E-state index in [4.69, 9.17) is 0 Å². The zero-order valence-corrected chi connectivity index (χ0v) is 16.2. The molecular formula is C22H26N4O2. The summed E-state index contributed by atoms with van der Waals surface area (Å²) in [6.07, 6.45) is 3.95. The number of aromatic nitrogens is 1. The van der Waals surface area contributed by atoms with Crippen LogP contribution in [0.2, 0.25) is 0 Å². The summed E-state index contributed by atoms with van der Waals surface area (Å²) >= 11 is 0. The normalized spacial score (nSPS) is 20.5. The van der Waals surface area contributed by atoms with Gasteiger partial charge >= 0.3 is 0 Å². The fourth-order valence-corrected chi connectivity index (χ4v) is 4.21. The van der Waals surface area contributed by atoms with Crippen LogP contribution in [0.1, 0.15) is 19.3 Å². The zero-order chi connectivity index (χ0) is 19.5. The molecule has 2 aliphatic rings. The maximum absolute atomic E-state index is 13.0. The van der Waals surface area contributed by atoms with Crippen molar-refractivity contribution in [1.29, 1.82) is 0 Å².